The van der Waals surface area contributed by atoms with Crippen molar-refractivity contribution < 1.29 is 4.42 Å². The molecular weight excluding hydrogens is 148 g/mol. The molecule has 0 atom stereocenters. The van der Waals surface area contributed by atoms with Gasteiger partial charge in [-0.3, -0.25) is 0 Å². The van der Waals surface area contributed by atoms with Crippen LogP contribution in [-0.2, 0) is 6.42 Å². The fraction of sp³-hybridized carbons (Fsp3) is 0.273. The second-order valence-electron chi connectivity index (χ2n) is 3.11. The van der Waals surface area contributed by atoms with E-state index in [4.69, 9.17) is 4.42 Å². The number of benzene rings is 1. The number of furan rings is 1. The van der Waals surface area contributed by atoms with Crippen LogP contribution in [0.4, 0.5) is 0 Å². The van der Waals surface area contributed by atoms with Crippen molar-refractivity contribution in [3.8, 4) is 0 Å². The SMILES string of the molecule is CCc1cc2cc(C)ccc2o1. The van der Waals surface area contributed by atoms with E-state index < -0.39 is 0 Å². The monoisotopic (exact) mass is 160 g/mol. The number of fused-ring (bicyclic) bond motifs is 1. The largest absolute Gasteiger partial charge is 0.461 e. The van der Waals surface area contributed by atoms with Crippen molar-refractivity contribution in [2.24, 2.45) is 0 Å². The Hall–Kier alpha value is -1.24. The highest BCUT2D eigenvalue weighted by atomic mass is 16.3. The van der Waals surface area contributed by atoms with Gasteiger partial charge in [-0.1, -0.05) is 18.6 Å². The molecule has 0 aliphatic heterocycles. The third kappa shape index (κ3) is 1.11. The van der Waals surface area contributed by atoms with Gasteiger partial charge in [0, 0.05) is 11.8 Å². The van der Waals surface area contributed by atoms with E-state index in [1.165, 1.54) is 10.9 Å². The first-order valence-electron chi connectivity index (χ1n) is 4.28. The molecule has 0 fully saturated rings. The lowest BCUT2D eigenvalue weighted by Crippen LogP contribution is -1.68. The van der Waals surface area contributed by atoms with Crippen LogP contribution in [-0.4, -0.2) is 0 Å². The standard InChI is InChI=1S/C11H12O/c1-3-10-7-9-6-8(2)4-5-11(9)12-10/h4-7H,3H2,1-2H3. The molecule has 1 heterocycles. The molecule has 0 amide bonds. The molecule has 62 valence electrons. The number of aryl methyl sites for hydroxylation is 2. The Morgan fingerprint density at radius 2 is 2.08 bits per heavy atom. The van der Waals surface area contributed by atoms with Crippen LogP contribution in [0.1, 0.15) is 18.2 Å². The van der Waals surface area contributed by atoms with Crippen LogP contribution in [0.25, 0.3) is 11.0 Å². The summed E-state index contributed by atoms with van der Waals surface area (Å²) in [6.45, 7) is 4.20. The molecule has 2 rings (SSSR count). The van der Waals surface area contributed by atoms with Gasteiger partial charge in [0.15, 0.2) is 0 Å². The van der Waals surface area contributed by atoms with Crippen molar-refractivity contribution in [2.75, 3.05) is 0 Å². The summed E-state index contributed by atoms with van der Waals surface area (Å²) < 4.78 is 5.57. The predicted molar refractivity (Wildman–Crippen MR) is 50.3 cm³/mol. The molecule has 1 heteroatoms. The van der Waals surface area contributed by atoms with Gasteiger partial charge >= 0.3 is 0 Å². The Morgan fingerprint density at radius 3 is 2.83 bits per heavy atom. The van der Waals surface area contributed by atoms with Crippen molar-refractivity contribution in [3.63, 3.8) is 0 Å². The van der Waals surface area contributed by atoms with Gasteiger partial charge in [-0.15, -0.1) is 0 Å². The van der Waals surface area contributed by atoms with Crippen LogP contribution in [0.15, 0.2) is 28.7 Å². The minimum absolute atomic E-state index is 0.966. The van der Waals surface area contributed by atoms with Gasteiger partial charge in [-0.2, -0.15) is 0 Å². The maximum Gasteiger partial charge on any atom is 0.134 e. The van der Waals surface area contributed by atoms with Crippen molar-refractivity contribution >= 4 is 11.0 Å². The molecule has 1 aromatic carbocycles. The molecule has 0 N–H and O–H groups in total. The van der Waals surface area contributed by atoms with E-state index in [0.717, 1.165) is 17.8 Å². The molecule has 0 radical (unpaired) electrons. The molecule has 0 spiro atoms. The minimum atomic E-state index is 0.966. The molecule has 0 bridgehead atoms. The zero-order valence-corrected chi connectivity index (χ0v) is 7.42. The van der Waals surface area contributed by atoms with E-state index in [9.17, 15) is 0 Å². The van der Waals surface area contributed by atoms with Crippen molar-refractivity contribution in [2.45, 2.75) is 20.3 Å². The highest BCUT2D eigenvalue weighted by Gasteiger charge is 2.00. The van der Waals surface area contributed by atoms with Crippen LogP contribution in [0.5, 0.6) is 0 Å². The molecule has 0 aliphatic carbocycles. The summed E-state index contributed by atoms with van der Waals surface area (Å²) in [6.07, 6.45) is 0.966. The quantitative estimate of drug-likeness (QED) is 0.623. The zero-order chi connectivity index (χ0) is 8.55. The number of hydrogen-bond acceptors (Lipinski definition) is 1. The van der Waals surface area contributed by atoms with Gasteiger partial charge in [-0.05, 0) is 25.1 Å². The van der Waals surface area contributed by atoms with Crippen LogP contribution >= 0.6 is 0 Å². The summed E-state index contributed by atoms with van der Waals surface area (Å²) in [6, 6.07) is 8.37. The predicted octanol–water partition coefficient (Wildman–Crippen LogP) is 3.30. The topological polar surface area (TPSA) is 13.1 Å². The highest BCUT2D eigenvalue weighted by Crippen LogP contribution is 2.20. The maximum atomic E-state index is 5.57. The second-order valence-corrected chi connectivity index (χ2v) is 3.11. The Morgan fingerprint density at radius 1 is 1.25 bits per heavy atom. The normalized spacial score (nSPS) is 10.8. The van der Waals surface area contributed by atoms with Crippen molar-refractivity contribution in [1.29, 1.82) is 0 Å². The lowest BCUT2D eigenvalue weighted by atomic mass is 10.2. The first-order valence-corrected chi connectivity index (χ1v) is 4.28. The maximum absolute atomic E-state index is 5.57. The van der Waals surface area contributed by atoms with Gasteiger partial charge in [0.25, 0.3) is 0 Å². The highest BCUT2D eigenvalue weighted by molar-refractivity contribution is 5.78. The van der Waals surface area contributed by atoms with Gasteiger partial charge in [0.2, 0.25) is 0 Å². The molecule has 0 saturated heterocycles. The number of hydrogen-bond donors (Lipinski definition) is 0. The Balaban J connectivity index is 2.67. The first-order chi connectivity index (χ1) is 5.79. The van der Waals surface area contributed by atoms with Gasteiger partial charge in [0.05, 0.1) is 0 Å². The molecule has 0 aliphatic rings. The van der Waals surface area contributed by atoms with E-state index in [1.807, 2.05) is 6.07 Å². The average molecular weight is 160 g/mol. The third-order valence-electron chi connectivity index (χ3n) is 2.07. The van der Waals surface area contributed by atoms with Crippen LogP contribution in [0.2, 0.25) is 0 Å². The van der Waals surface area contributed by atoms with Crippen molar-refractivity contribution in [3.05, 3.63) is 35.6 Å². The second kappa shape index (κ2) is 2.67. The molecule has 12 heavy (non-hydrogen) atoms. The third-order valence-corrected chi connectivity index (χ3v) is 2.07. The van der Waals surface area contributed by atoms with Gasteiger partial charge in [0.1, 0.15) is 11.3 Å². The van der Waals surface area contributed by atoms with E-state index in [1.54, 1.807) is 0 Å². The summed E-state index contributed by atoms with van der Waals surface area (Å²) >= 11 is 0. The Labute approximate surface area is 72.0 Å². The summed E-state index contributed by atoms with van der Waals surface area (Å²) in [5, 5.41) is 1.21. The summed E-state index contributed by atoms with van der Waals surface area (Å²) in [4.78, 5) is 0. The van der Waals surface area contributed by atoms with E-state index in [-0.39, 0.29) is 0 Å². The van der Waals surface area contributed by atoms with E-state index in [0.29, 0.717) is 0 Å². The van der Waals surface area contributed by atoms with Gasteiger partial charge < -0.3 is 4.42 Å². The molecule has 1 nitrogen and oxygen atoms in total. The smallest absolute Gasteiger partial charge is 0.134 e. The minimum Gasteiger partial charge on any atom is -0.461 e. The van der Waals surface area contributed by atoms with Crippen LogP contribution in [0, 0.1) is 6.92 Å². The zero-order valence-electron chi connectivity index (χ0n) is 7.42. The van der Waals surface area contributed by atoms with Crippen LogP contribution in [0.3, 0.4) is 0 Å². The Bertz CT molecular complexity index is 398. The van der Waals surface area contributed by atoms with Crippen LogP contribution < -0.4 is 0 Å². The molecular formula is C11H12O. The molecule has 0 saturated carbocycles. The molecule has 1 aromatic heterocycles. The molecule has 2 aromatic rings. The fourth-order valence-corrected chi connectivity index (χ4v) is 1.39. The van der Waals surface area contributed by atoms with Gasteiger partial charge in [-0.25, -0.2) is 0 Å². The molecule has 0 unspecified atom stereocenters. The van der Waals surface area contributed by atoms with E-state index >= 15 is 0 Å². The Kier molecular flexibility index (Phi) is 1.65. The summed E-state index contributed by atoms with van der Waals surface area (Å²) in [7, 11) is 0. The lowest BCUT2D eigenvalue weighted by molar-refractivity contribution is 0.557. The van der Waals surface area contributed by atoms with Crippen molar-refractivity contribution in [1.82, 2.24) is 0 Å². The van der Waals surface area contributed by atoms with E-state index in [2.05, 4.69) is 32.0 Å². The first kappa shape index (κ1) is 7.41. The fourth-order valence-electron chi connectivity index (χ4n) is 1.39. The lowest BCUT2D eigenvalue weighted by Gasteiger charge is -1.89. The summed E-state index contributed by atoms with van der Waals surface area (Å²) in [5.74, 6) is 1.07. The average Bonchev–Trinajstić information content (AvgIpc) is 2.46. The number of rotatable bonds is 1. The summed E-state index contributed by atoms with van der Waals surface area (Å²) in [5.41, 5.74) is 2.28.